The second-order valence-electron chi connectivity index (χ2n) is 1.98. The summed E-state index contributed by atoms with van der Waals surface area (Å²) in [6.07, 6.45) is 8.03. The first kappa shape index (κ1) is 5.30. The normalized spacial score (nSPS) is 29.2. The van der Waals surface area contributed by atoms with Crippen LogP contribution in [0.25, 0.3) is 0 Å². The quantitative estimate of drug-likeness (QED) is 0.525. The van der Waals surface area contributed by atoms with Gasteiger partial charge in [-0.25, -0.2) is 0 Å². The van der Waals surface area contributed by atoms with Crippen molar-refractivity contribution in [2.75, 3.05) is 0 Å². The van der Waals surface area contributed by atoms with Gasteiger partial charge in [-0.15, -0.1) is 0 Å². The van der Waals surface area contributed by atoms with E-state index in [0.717, 1.165) is 5.76 Å². The summed E-state index contributed by atoms with van der Waals surface area (Å²) in [5, 5.41) is 0.0868. The molecule has 0 bridgehead atoms. The van der Waals surface area contributed by atoms with Crippen molar-refractivity contribution in [1.29, 1.82) is 0 Å². The topological polar surface area (TPSA) is 9.23 Å². The van der Waals surface area contributed by atoms with Gasteiger partial charge in [-0.1, -0.05) is 12.2 Å². The molecule has 1 unspecified atom stereocenters. The minimum absolute atomic E-state index is 0.0868. The lowest BCUT2D eigenvalue weighted by Crippen LogP contribution is -1.89. The van der Waals surface area contributed by atoms with E-state index in [1.165, 1.54) is 5.57 Å². The molecule has 1 nitrogen and oxygen atoms in total. The first-order valence-electron chi connectivity index (χ1n) is 2.77. The molecule has 0 aromatic carbocycles. The lowest BCUT2D eigenvalue weighted by Gasteiger charge is -1.99. The molecule has 0 amide bonds. The average Bonchev–Trinajstić information content (AvgIpc) is 2.22. The van der Waals surface area contributed by atoms with Crippen LogP contribution >= 0.6 is 15.9 Å². The van der Waals surface area contributed by atoms with Gasteiger partial charge in [0.2, 0.25) is 0 Å². The van der Waals surface area contributed by atoms with E-state index in [4.69, 9.17) is 4.74 Å². The largest absolute Gasteiger partial charge is 0.474 e. The number of ether oxygens (including phenoxy) is 1. The predicted octanol–water partition coefficient (Wildman–Crippen LogP) is 2.12. The molecular formula is C7H5BrO. The molecule has 0 radical (unpaired) electrons. The predicted molar refractivity (Wildman–Crippen MR) is 39.1 cm³/mol. The minimum atomic E-state index is 0.0868. The standard InChI is InChI=1S/C7H5BrO/c8-7-4-5-2-1-3-6(5)9-7/h1-4,7H. The number of hydrogen-bond donors (Lipinski definition) is 0. The van der Waals surface area contributed by atoms with Crippen LogP contribution in [0.2, 0.25) is 0 Å². The van der Waals surface area contributed by atoms with E-state index in [9.17, 15) is 0 Å². The zero-order valence-electron chi connectivity index (χ0n) is 4.67. The van der Waals surface area contributed by atoms with Gasteiger partial charge in [0.15, 0.2) is 5.01 Å². The van der Waals surface area contributed by atoms with E-state index in [2.05, 4.69) is 15.9 Å². The fraction of sp³-hybridized carbons (Fsp3) is 0.143. The van der Waals surface area contributed by atoms with Crippen molar-refractivity contribution < 1.29 is 4.74 Å². The average molecular weight is 185 g/mol. The van der Waals surface area contributed by atoms with Gasteiger partial charge in [0.1, 0.15) is 5.76 Å². The molecule has 9 heavy (non-hydrogen) atoms. The summed E-state index contributed by atoms with van der Waals surface area (Å²) in [5.74, 6) is 0.983. The Morgan fingerprint density at radius 2 is 2.44 bits per heavy atom. The molecule has 0 aromatic rings. The van der Waals surface area contributed by atoms with Crippen LogP contribution < -0.4 is 0 Å². The molecule has 0 spiro atoms. The number of allylic oxidation sites excluding steroid dienone is 3. The van der Waals surface area contributed by atoms with E-state index >= 15 is 0 Å². The summed E-state index contributed by atoms with van der Waals surface area (Å²) in [7, 11) is 0. The highest BCUT2D eigenvalue weighted by atomic mass is 79.9. The summed E-state index contributed by atoms with van der Waals surface area (Å²) >= 11 is 3.32. The first-order valence-corrected chi connectivity index (χ1v) is 3.69. The number of hydrogen-bond acceptors (Lipinski definition) is 1. The Balaban J connectivity index is 2.40. The molecule has 1 aliphatic heterocycles. The smallest absolute Gasteiger partial charge is 0.172 e. The van der Waals surface area contributed by atoms with Crippen molar-refractivity contribution in [3.8, 4) is 0 Å². The van der Waals surface area contributed by atoms with Gasteiger partial charge in [-0.3, -0.25) is 0 Å². The van der Waals surface area contributed by atoms with Crippen LogP contribution in [0.1, 0.15) is 0 Å². The lowest BCUT2D eigenvalue weighted by atomic mass is 10.3. The second kappa shape index (κ2) is 1.74. The van der Waals surface area contributed by atoms with Gasteiger partial charge >= 0.3 is 0 Å². The van der Waals surface area contributed by atoms with E-state index in [0.29, 0.717) is 0 Å². The van der Waals surface area contributed by atoms with E-state index in [1.807, 2.05) is 24.3 Å². The molecule has 2 heteroatoms. The molecule has 0 fully saturated rings. The van der Waals surface area contributed by atoms with Crippen molar-refractivity contribution in [1.82, 2.24) is 0 Å². The highest BCUT2D eigenvalue weighted by molar-refractivity contribution is 9.09. The second-order valence-corrected chi connectivity index (χ2v) is 2.88. The summed E-state index contributed by atoms with van der Waals surface area (Å²) < 4.78 is 5.31. The fourth-order valence-electron chi connectivity index (χ4n) is 0.959. The monoisotopic (exact) mass is 184 g/mol. The third-order valence-corrected chi connectivity index (χ3v) is 1.81. The number of halogens is 1. The van der Waals surface area contributed by atoms with E-state index < -0.39 is 0 Å². The molecule has 2 aliphatic rings. The van der Waals surface area contributed by atoms with Crippen molar-refractivity contribution in [2.45, 2.75) is 5.01 Å². The molecule has 0 aromatic heterocycles. The highest BCUT2D eigenvalue weighted by Gasteiger charge is 2.18. The van der Waals surface area contributed by atoms with Crippen LogP contribution in [-0.4, -0.2) is 5.01 Å². The van der Waals surface area contributed by atoms with Gasteiger partial charge < -0.3 is 4.74 Å². The van der Waals surface area contributed by atoms with Crippen LogP contribution in [0.5, 0.6) is 0 Å². The molecular weight excluding hydrogens is 180 g/mol. The van der Waals surface area contributed by atoms with Gasteiger partial charge in [-0.2, -0.15) is 0 Å². The van der Waals surface area contributed by atoms with Gasteiger partial charge in [0.05, 0.1) is 0 Å². The number of rotatable bonds is 0. The molecule has 0 saturated carbocycles. The summed E-state index contributed by atoms with van der Waals surface area (Å²) in [5.41, 5.74) is 1.19. The Morgan fingerprint density at radius 1 is 1.56 bits per heavy atom. The molecule has 46 valence electrons. The summed E-state index contributed by atoms with van der Waals surface area (Å²) in [6.45, 7) is 0. The minimum Gasteiger partial charge on any atom is -0.474 e. The van der Waals surface area contributed by atoms with Crippen LogP contribution in [0, 0.1) is 0 Å². The number of fused-ring (bicyclic) bond motifs is 1. The Bertz CT molecular complexity index is 225. The molecule has 2 rings (SSSR count). The molecule has 1 heterocycles. The van der Waals surface area contributed by atoms with Crippen LogP contribution in [0.15, 0.2) is 35.6 Å². The Morgan fingerprint density at radius 3 is 3.22 bits per heavy atom. The SMILES string of the molecule is BrC1C=C2C=CC=C2O1. The maximum atomic E-state index is 5.31. The molecule has 1 atom stereocenters. The number of alkyl halides is 1. The van der Waals surface area contributed by atoms with Crippen LogP contribution in [0.4, 0.5) is 0 Å². The van der Waals surface area contributed by atoms with E-state index in [-0.39, 0.29) is 5.01 Å². The van der Waals surface area contributed by atoms with Crippen molar-refractivity contribution in [3.05, 3.63) is 35.6 Å². The van der Waals surface area contributed by atoms with Gasteiger partial charge in [0, 0.05) is 5.57 Å². The van der Waals surface area contributed by atoms with Crippen molar-refractivity contribution in [3.63, 3.8) is 0 Å². The third kappa shape index (κ3) is 0.741. The Hall–Kier alpha value is -0.500. The maximum Gasteiger partial charge on any atom is 0.172 e. The van der Waals surface area contributed by atoms with E-state index in [1.54, 1.807) is 0 Å². The summed E-state index contributed by atoms with van der Waals surface area (Å²) in [4.78, 5) is 0. The molecule has 1 aliphatic carbocycles. The fourth-order valence-corrected chi connectivity index (χ4v) is 1.45. The zero-order valence-corrected chi connectivity index (χ0v) is 6.26. The van der Waals surface area contributed by atoms with Gasteiger partial charge in [-0.05, 0) is 28.1 Å². The Kier molecular flexibility index (Phi) is 1.02. The maximum absolute atomic E-state index is 5.31. The Labute approximate surface area is 61.8 Å². The van der Waals surface area contributed by atoms with Crippen LogP contribution in [0.3, 0.4) is 0 Å². The molecule has 0 saturated heterocycles. The molecule has 0 N–H and O–H groups in total. The lowest BCUT2D eigenvalue weighted by molar-refractivity contribution is 0.256. The summed E-state index contributed by atoms with van der Waals surface area (Å²) in [6, 6.07) is 0. The first-order chi connectivity index (χ1) is 4.36. The van der Waals surface area contributed by atoms with Crippen LogP contribution in [-0.2, 0) is 4.74 Å². The highest BCUT2D eigenvalue weighted by Crippen LogP contribution is 2.30. The third-order valence-electron chi connectivity index (χ3n) is 1.36. The van der Waals surface area contributed by atoms with Gasteiger partial charge in [0.25, 0.3) is 0 Å². The zero-order chi connectivity index (χ0) is 6.27. The van der Waals surface area contributed by atoms with Crippen molar-refractivity contribution in [2.24, 2.45) is 0 Å². The van der Waals surface area contributed by atoms with Crippen molar-refractivity contribution >= 4 is 15.9 Å².